The molecule has 34 heavy (non-hydrogen) atoms. The Balaban J connectivity index is 1.53. The monoisotopic (exact) mass is 487 g/mol. The summed E-state index contributed by atoms with van der Waals surface area (Å²) in [6.45, 7) is 0. The fourth-order valence-corrected chi connectivity index (χ4v) is 4.88. The predicted molar refractivity (Wildman–Crippen MR) is 133 cm³/mol. The number of carbonyl (C=O) groups is 2. The van der Waals surface area contributed by atoms with Crippen molar-refractivity contribution in [2.45, 2.75) is 5.16 Å². The second kappa shape index (κ2) is 10.2. The zero-order chi connectivity index (χ0) is 24.1. The van der Waals surface area contributed by atoms with E-state index in [0.29, 0.717) is 10.6 Å². The molecule has 2 aromatic carbocycles. The molecule has 168 valence electrons. The molecule has 10 heteroatoms. The van der Waals surface area contributed by atoms with Crippen LogP contribution in [0.2, 0.25) is 0 Å². The maximum Gasteiger partial charge on any atom is 0.270 e. The molecule has 2 aromatic heterocycles. The number of anilines is 1. The lowest BCUT2D eigenvalue weighted by molar-refractivity contribution is -0.113. The lowest BCUT2D eigenvalue weighted by Crippen LogP contribution is -2.19. The van der Waals surface area contributed by atoms with Crippen LogP contribution in [-0.2, 0) is 4.79 Å². The smallest absolute Gasteiger partial charge is 0.270 e. The van der Waals surface area contributed by atoms with Crippen molar-refractivity contribution < 1.29 is 9.59 Å². The van der Waals surface area contributed by atoms with Gasteiger partial charge < -0.3 is 16.0 Å². The molecule has 0 spiro atoms. The minimum absolute atomic E-state index is 0.0835. The molecule has 0 radical (unpaired) electrons. The molecule has 0 unspecified atom stereocenters. The number of H-pyrrole nitrogens is 1. The van der Waals surface area contributed by atoms with Gasteiger partial charge in [0.15, 0.2) is 5.16 Å². The van der Waals surface area contributed by atoms with Gasteiger partial charge in [-0.05, 0) is 11.6 Å². The largest absolute Gasteiger partial charge is 0.366 e. The summed E-state index contributed by atoms with van der Waals surface area (Å²) in [6, 6.07) is 21.8. The summed E-state index contributed by atoms with van der Waals surface area (Å²) < 4.78 is 0. The van der Waals surface area contributed by atoms with Gasteiger partial charge in [0, 0.05) is 10.4 Å². The number of thioether (sulfide) groups is 1. The molecular formula is C24H17N5O3S2. The van der Waals surface area contributed by atoms with E-state index < -0.39 is 17.4 Å². The third kappa shape index (κ3) is 5.06. The number of amides is 2. The molecule has 0 bridgehead atoms. The number of nitrogens with one attached hydrogen (secondary N) is 2. The number of nitrogens with two attached hydrogens (primary N) is 1. The van der Waals surface area contributed by atoms with Crippen molar-refractivity contribution >= 4 is 39.9 Å². The van der Waals surface area contributed by atoms with Crippen molar-refractivity contribution in [3.8, 4) is 27.8 Å². The van der Waals surface area contributed by atoms with Gasteiger partial charge in [-0.15, -0.1) is 11.3 Å². The molecule has 8 nitrogen and oxygen atoms in total. The van der Waals surface area contributed by atoms with E-state index in [0.717, 1.165) is 22.2 Å². The maximum absolute atomic E-state index is 12.6. The van der Waals surface area contributed by atoms with Crippen molar-refractivity contribution in [3.63, 3.8) is 0 Å². The average Bonchev–Trinajstić information content (AvgIpc) is 3.27. The summed E-state index contributed by atoms with van der Waals surface area (Å²) in [5, 5.41) is 12.6. The van der Waals surface area contributed by atoms with Gasteiger partial charge in [-0.1, -0.05) is 72.4 Å². The fraction of sp³-hybridized carbons (Fsp3) is 0.0417. The van der Waals surface area contributed by atoms with Gasteiger partial charge >= 0.3 is 0 Å². The number of aromatic amines is 1. The number of hydrogen-bond acceptors (Lipinski definition) is 7. The molecule has 0 aliphatic rings. The van der Waals surface area contributed by atoms with E-state index in [1.165, 1.54) is 11.3 Å². The van der Waals surface area contributed by atoms with E-state index in [9.17, 15) is 19.6 Å². The Bertz CT molecular complexity index is 1460. The number of benzene rings is 2. The van der Waals surface area contributed by atoms with Crippen LogP contribution >= 0.6 is 23.1 Å². The van der Waals surface area contributed by atoms with Gasteiger partial charge in [0.05, 0.1) is 17.0 Å². The van der Waals surface area contributed by atoms with Gasteiger partial charge in [-0.3, -0.25) is 14.4 Å². The van der Waals surface area contributed by atoms with Gasteiger partial charge in [0.25, 0.3) is 11.5 Å². The Labute approximate surface area is 202 Å². The van der Waals surface area contributed by atoms with Crippen LogP contribution in [0.3, 0.4) is 0 Å². The third-order valence-electron chi connectivity index (χ3n) is 4.71. The van der Waals surface area contributed by atoms with E-state index in [1.807, 2.05) is 42.5 Å². The first-order valence-corrected chi connectivity index (χ1v) is 11.8. The minimum Gasteiger partial charge on any atom is -0.366 e. The normalized spacial score (nSPS) is 10.4. The van der Waals surface area contributed by atoms with E-state index in [1.54, 1.807) is 30.3 Å². The molecule has 2 amide bonds. The highest BCUT2D eigenvalue weighted by Crippen LogP contribution is 2.35. The Kier molecular flexibility index (Phi) is 6.87. The zero-order valence-electron chi connectivity index (χ0n) is 17.6. The molecule has 4 N–H and O–H groups in total. The second-order valence-electron chi connectivity index (χ2n) is 6.99. The number of aromatic nitrogens is 2. The van der Waals surface area contributed by atoms with Crippen LogP contribution in [0.25, 0.3) is 21.7 Å². The van der Waals surface area contributed by atoms with Crippen LogP contribution in [0.5, 0.6) is 0 Å². The molecule has 4 rings (SSSR count). The van der Waals surface area contributed by atoms with Gasteiger partial charge in [0.2, 0.25) is 5.91 Å². The van der Waals surface area contributed by atoms with E-state index in [4.69, 9.17) is 5.73 Å². The van der Waals surface area contributed by atoms with Crippen molar-refractivity contribution in [2.24, 2.45) is 5.73 Å². The minimum atomic E-state index is -0.646. The van der Waals surface area contributed by atoms with Crippen LogP contribution in [-0.4, -0.2) is 27.5 Å². The van der Waals surface area contributed by atoms with Crippen molar-refractivity contribution in [2.75, 3.05) is 11.1 Å². The number of thiophene rings is 1. The summed E-state index contributed by atoms with van der Waals surface area (Å²) >= 11 is 2.25. The molecule has 0 aliphatic heterocycles. The summed E-state index contributed by atoms with van der Waals surface area (Å²) in [5.41, 5.74) is 6.80. The maximum atomic E-state index is 12.6. The number of nitriles is 1. The molecule has 0 saturated heterocycles. The SMILES string of the molecule is N#Cc1c(-c2ccccc2)nc(SCC(=O)Nc2sc(-c3ccccc3)cc2C(N)=O)[nH]c1=O. The molecule has 0 aliphatic carbocycles. The van der Waals surface area contributed by atoms with Crippen LogP contribution in [0.15, 0.2) is 76.7 Å². The van der Waals surface area contributed by atoms with Crippen molar-refractivity contribution in [1.29, 1.82) is 5.26 Å². The van der Waals surface area contributed by atoms with E-state index >= 15 is 0 Å². The Morgan fingerprint density at radius 3 is 2.35 bits per heavy atom. The van der Waals surface area contributed by atoms with Gasteiger partial charge in [0.1, 0.15) is 16.6 Å². The Hall–Kier alpha value is -4.20. The molecule has 0 saturated carbocycles. The first kappa shape index (κ1) is 23.0. The number of primary amides is 1. The summed E-state index contributed by atoms with van der Waals surface area (Å²) in [5.74, 6) is -1.13. The number of rotatable bonds is 7. The highest BCUT2D eigenvalue weighted by atomic mass is 32.2. The van der Waals surface area contributed by atoms with Crippen LogP contribution in [0, 0.1) is 11.3 Å². The van der Waals surface area contributed by atoms with Gasteiger partial charge in [-0.25, -0.2) is 4.98 Å². The standard InChI is InChI=1S/C24H17N5O3S2/c25-12-17-20(15-9-5-2-6-10-15)28-24(29-22(17)32)33-13-19(30)27-23-16(21(26)31)11-18(34-23)14-7-3-1-4-8-14/h1-11H,13H2,(H2,26,31)(H,27,30)(H,28,29,32). The average molecular weight is 488 g/mol. The topological polar surface area (TPSA) is 142 Å². The van der Waals surface area contributed by atoms with Crippen LogP contribution in [0.1, 0.15) is 15.9 Å². The summed E-state index contributed by atoms with van der Waals surface area (Å²) in [4.78, 5) is 44.6. The molecule has 0 fully saturated rings. The van der Waals surface area contributed by atoms with Crippen LogP contribution in [0.4, 0.5) is 5.00 Å². The third-order valence-corrected chi connectivity index (χ3v) is 6.68. The first-order valence-electron chi connectivity index (χ1n) is 9.98. The highest BCUT2D eigenvalue weighted by Gasteiger charge is 2.18. The zero-order valence-corrected chi connectivity index (χ0v) is 19.2. The predicted octanol–water partition coefficient (Wildman–Crippen LogP) is 3.87. The first-order chi connectivity index (χ1) is 16.5. The van der Waals surface area contributed by atoms with E-state index in [-0.39, 0.29) is 27.7 Å². The van der Waals surface area contributed by atoms with E-state index in [2.05, 4.69) is 15.3 Å². The second-order valence-corrected chi connectivity index (χ2v) is 9.01. The quantitative estimate of drug-likeness (QED) is 0.267. The van der Waals surface area contributed by atoms with Crippen molar-refractivity contribution in [3.05, 3.63) is 88.2 Å². The highest BCUT2D eigenvalue weighted by molar-refractivity contribution is 7.99. The molecule has 2 heterocycles. The molecule has 0 atom stereocenters. The lowest BCUT2D eigenvalue weighted by atomic mass is 10.1. The number of hydrogen-bond donors (Lipinski definition) is 3. The number of carbonyl (C=O) groups excluding carboxylic acids is 2. The summed E-state index contributed by atoms with van der Waals surface area (Å²) in [7, 11) is 0. The molecule has 4 aromatic rings. The fourth-order valence-electron chi connectivity index (χ4n) is 3.14. The van der Waals surface area contributed by atoms with Gasteiger partial charge in [-0.2, -0.15) is 5.26 Å². The van der Waals surface area contributed by atoms with Crippen molar-refractivity contribution in [1.82, 2.24) is 9.97 Å². The Morgan fingerprint density at radius 2 is 1.74 bits per heavy atom. The summed E-state index contributed by atoms with van der Waals surface area (Å²) in [6.07, 6.45) is 0. The number of nitrogens with zero attached hydrogens (tertiary/aromatic N) is 2. The van der Waals surface area contributed by atoms with Crippen LogP contribution < -0.4 is 16.6 Å². The molecular weight excluding hydrogens is 470 g/mol. The Morgan fingerprint density at radius 1 is 1.09 bits per heavy atom. The lowest BCUT2D eigenvalue weighted by Gasteiger charge is -2.07.